The van der Waals surface area contributed by atoms with Crippen molar-refractivity contribution in [2.45, 2.75) is 12.2 Å². The number of aromatic nitrogens is 1. The predicted molar refractivity (Wildman–Crippen MR) is 105 cm³/mol. The lowest BCUT2D eigenvalue weighted by Crippen LogP contribution is -2.16. The van der Waals surface area contributed by atoms with E-state index in [0.717, 1.165) is 27.8 Å². The van der Waals surface area contributed by atoms with Crippen molar-refractivity contribution in [2.24, 2.45) is 0 Å². The van der Waals surface area contributed by atoms with Crippen LogP contribution < -0.4 is 0 Å². The molecule has 1 aromatic heterocycles. The van der Waals surface area contributed by atoms with E-state index in [2.05, 4.69) is 4.57 Å². The monoisotopic (exact) mass is 354 g/mol. The first-order chi connectivity index (χ1) is 13.2. The van der Waals surface area contributed by atoms with Crippen molar-refractivity contribution >= 4 is 10.9 Å². The number of fused-ring (bicyclic) bond motifs is 1. The predicted octanol–water partition coefficient (Wildman–Crippen LogP) is 4.22. The summed E-state index contributed by atoms with van der Waals surface area (Å²) in [5.74, 6) is 0. The number of aliphatic hydroxyl groups excluding tert-OH is 2. The molecule has 4 aromatic rings. The number of para-hydroxylation sites is 2. The molecule has 1 heterocycles. The summed E-state index contributed by atoms with van der Waals surface area (Å²) in [7, 11) is 0. The average Bonchev–Trinajstić information content (AvgIpc) is 3.09. The highest BCUT2D eigenvalue weighted by Crippen LogP contribution is 2.40. The molecule has 4 rings (SSSR count). The van der Waals surface area contributed by atoms with Gasteiger partial charge < -0.3 is 14.8 Å². The standard InChI is InChI=1S/C23H18N2O2/c24-15-20(26)23(27)21-18-13-7-8-14-19(18)25(17-11-5-2-6-12-17)22(21)16-9-3-1-4-10-16/h1-14,20,23,26-27H. The van der Waals surface area contributed by atoms with Gasteiger partial charge in [-0.15, -0.1) is 0 Å². The minimum absolute atomic E-state index is 0.551. The topological polar surface area (TPSA) is 69.2 Å². The van der Waals surface area contributed by atoms with E-state index in [1.807, 2.05) is 84.9 Å². The zero-order chi connectivity index (χ0) is 18.8. The van der Waals surface area contributed by atoms with Gasteiger partial charge >= 0.3 is 0 Å². The molecular weight excluding hydrogens is 336 g/mol. The zero-order valence-corrected chi connectivity index (χ0v) is 14.5. The Morgan fingerprint density at radius 1 is 0.778 bits per heavy atom. The molecule has 3 aromatic carbocycles. The molecule has 4 heteroatoms. The Labute approximate surface area is 157 Å². The third kappa shape index (κ3) is 2.89. The lowest BCUT2D eigenvalue weighted by molar-refractivity contribution is 0.0541. The summed E-state index contributed by atoms with van der Waals surface area (Å²) in [5.41, 5.74) is 4.07. The van der Waals surface area contributed by atoms with Crippen LogP contribution >= 0.6 is 0 Å². The molecule has 0 amide bonds. The van der Waals surface area contributed by atoms with Crippen LogP contribution in [-0.2, 0) is 0 Å². The molecule has 0 bridgehead atoms. The van der Waals surface area contributed by atoms with Gasteiger partial charge in [0.25, 0.3) is 0 Å². The quantitative estimate of drug-likeness (QED) is 0.539. The molecule has 0 aliphatic carbocycles. The van der Waals surface area contributed by atoms with E-state index in [9.17, 15) is 10.2 Å². The summed E-state index contributed by atoms with van der Waals surface area (Å²) in [6.45, 7) is 0. The molecule has 2 atom stereocenters. The van der Waals surface area contributed by atoms with Crippen LogP contribution in [-0.4, -0.2) is 20.9 Å². The van der Waals surface area contributed by atoms with Crippen molar-refractivity contribution in [3.8, 4) is 23.0 Å². The van der Waals surface area contributed by atoms with Crippen LogP contribution in [0.5, 0.6) is 0 Å². The molecule has 2 N–H and O–H groups in total. The number of benzene rings is 3. The average molecular weight is 354 g/mol. The highest BCUT2D eigenvalue weighted by atomic mass is 16.3. The van der Waals surface area contributed by atoms with Gasteiger partial charge in [-0.3, -0.25) is 0 Å². The summed E-state index contributed by atoms with van der Waals surface area (Å²) >= 11 is 0. The normalized spacial score (nSPS) is 13.2. The molecule has 4 nitrogen and oxygen atoms in total. The van der Waals surface area contributed by atoms with Crippen LogP contribution in [0.15, 0.2) is 84.9 Å². The van der Waals surface area contributed by atoms with Crippen molar-refractivity contribution in [1.82, 2.24) is 4.57 Å². The lowest BCUT2D eigenvalue weighted by Gasteiger charge is -2.16. The first kappa shape index (κ1) is 17.0. The van der Waals surface area contributed by atoms with Crippen molar-refractivity contribution in [1.29, 1.82) is 5.26 Å². The number of rotatable bonds is 4. The number of nitrogens with zero attached hydrogens (tertiary/aromatic N) is 2. The molecule has 132 valence electrons. The smallest absolute Gasteiger partial charge is 0.170 e. The molecule has 0 saturated carbocycles. The highest BCUT2D eigenvalue weighted by molar-refractivity contribution is 5.94. The summed E-state index contributed by atoms with van der Waals surface area (Å²) in [6, 6.07) is 29.0. The van der Waals surface area contributed by atoms with Crippen molar-refractivity contribution in [3.63, 3.8) is 0 Å². The third-order valence-corrected chi connectivity index (χ3v) is 4.70. The summed E-state index contributed by atoms with van der Waals surface area (Å²) < 4.78 is 2.06. The molecule has 27 heavy (non-hydrogen) atoms. The Morgan fingerprint density at radius 3 is 2.04 bits per heavy atom. The minimum atomic E-state index is -1.51. The van der Waals surface area contributed by atoms with Gasteiger partial charge in [0.1, 0.15) is 6.10 Å². The molecule has 0 spiro atoms. The van der Waals surface area contributed by atoms with E-state index in [4.69, 9.17) is 5.26 Å². The van der Waals surface area contributed by atoms with Gasteiger partial charge in [-0.2, -0.15) is 5.26 Å². The van der Waals surface area contributed by atoms with E-state index in [0.29, 0.717) is 5.56 Å². The number of hydrogen-bond acceptors (Lipinski definition) is 3. The van der Waals surface area contributed by atoms with E-state index in [-0.39, 0.29) is 0 Å². The number of nitriles is 1. The maximum Gasteiger partial charge on any atom is 0.170 e. The van der Waals surface area contributed by atoms with Crippen LogP contribution in [0.3, 0.4) is 0 Å². The van der Waals surface area contributed by atoms with Crippen LogP contribution in [0.1, 0.15) is 11.7 Å². The maximum absolute atomic E-state index is 10.8. The van der Waals surface area contributed by atoms with Gasteiger partial charge in [-0.25, -0.2) is 0 Å². The summed E-state index contributed by atoms with van der Waals surface area (Å²) in [4.78, 5) is 0. The van der Waals surface area contributed by atoms with Gasteiger partial charge in [0.15, 0.2) is 6.10 Å². The molecule has 0 saturated heterocycles. The van der Waals surface area contributed by atoms with E-state index < -0.39 is 12.2 Å². The lowest BCUT2D eigenvalue weighted by atomic mass is 9.97. The van der Waals surface area contributed by atoms with Gasteiger partial charge in [-0.1, -0.05) is 66.7 Å². The molecule has 0 fully saturated rings. The SMILES string of the molecule is N#CC(O)C(O)c1c(-c2ccccc2)n(-c2ccccc2)c2ccccc12. The second kappa shape index (κ2) is 7.08. The van der Waals surface area contributed by atoms with Crippen LogP contribution in [0.2, 0.25) is 0 Å². The zero-order valence-electron chi connectivity index (χ0n) is 14.5. The Morgan fingerprint density at radius 2 is 1.37 bits per heavy atom. The van der Waals surface area contributed by atoms with Crippen molar-refractivity contribution < 1.29 is 10.2 Å². The fraction of sp³-hybridized carbons (Fsp3) is 0.0870. The van der Waals surface area contributed by atoms with E-state index in [1.165, 1.54) is 0 Å². The van der Waals surface area contributed by atoms with Gasteiger partial charge in [0, 0.05) is 16.6 Å². The molecule has 0 aliphatic rings. The Kier molecular flexibility index (Phi) is 4.47. The van der Waals surface area contributed by atoms with Crippen LogP contribution in [0.4, 0.5) is 0 Å². The van der Waals surface area contributed by atoms with Crippen molar-refractivity contribution in [3.05, 3.63) is 90.5 Å². The molecule has 2 unspecified atom stereocenters. The molecular formula is C23H18N2O2. The summed E-state index contributed by atoms with van der Waals surface area (Å²) in [6.07, 6.45) is -2.83. The Balaban J connectivity index is 2.14. The van der Waals surface area contributed by atoms with Gasteiger partial charge in [0.05, 0.1) is 17.3 Å². The Hall–Kier alpha value is -3.39. The number of aliphatic hydroxyl groups is 2. The molecule has 0 aliphatic heterocycles. The Bertz CT molecular complexity index is 1110. The second-order valence-corrected chi connectivity index (χ2v) is 6.34. The van der Waals surface area contributed by atoms with Gasteiger partial charge in [-0.05, 0) is 23.8 Å². The molecule has 0 radical (unpaired) electrons. The van der Waals surface area contributed by atoms with Gasteiger partial charge in [0.2, 0.25) is 0 Å². The fourth-order valence-corrected chi connectivity index (χ4v) is 3.52. The third-order valence-electron chi connectivity index (χ3n) is 4.70. The van der Waals surface area contributed by atoms with Crippen molar-refractivity contribution in [2.75, 3.05) is 0 Å². The first-order valence-corrected chi connectivity index (χ1v) is 8.72. The summed E-state index contributed by atoms with van der Waals surface area (Å²) in [5, 5.41) is 30.8. The van der Waals surface area contributed by atoms with Crippen LogP contribution in [0, 0.1) is 11.3 Å². The highest BCUT2D eigenvalue weighted by Gasteiger charge is 2.28. The first-order valence-electron chi connectivity index (χ1n) is 8.72. The van der Waals surface area contributed by atoms with E-state index >= 15 is 0 Å². The number of hydrogen-bond donors (Lipinski definition) is 2. The largest absolute Gasteiger partial charge is 0.384 e. The maximum atomic E-state index is 10.8. The van der Waals surface area contributed by atoms with E-state index in [1.54, 1.807) is 6.07 Å². The second-order valence-electron chi connectivity index (χ2n) is 6.34. The minimum Gasteiger partial charge on any atom is -0.384 e. The van der Waals surface area contributed by atoms with Crippen LogP contribution in [0.25, 0.3) is 27.8 Å². The fourth-order valence-electron chi connectivity index (χ4n) is 3.52.